The molecule has 0 radical (unpaired) electrons. The Hall–Kier alpha value is -0.520. The van der Waals surface area contributed by atoms with Gasteiger partial charge in [-0.1, -0.05) is 39.0 Å². The lowest BCUT2D eigenvalue weighted by Gasteiger charge is -2.40. The molecule has 0 aromatic carbocycles. The topological polar surface area (TPSA) is 0 Å². The van der Waals surface area contributed by atoms with Gasteiger partial charge in [0, 0.05) is 0 Å². The van der Waals surface area contributed by atoms with E-state index in [1.807, 2.05) is 0 Å². The van der Waals surface area contributed by atoms with Gasteiger partial charge in [-0.05, 0) is 60.3 Å². The predicted molar refractivity (Wildman–Crippen MR) is 69.2 cm³/mol. The van der Waals surface area contributed by atoms with Crippen LogP contribution in [0.3, 0.4) is 0 Å². The van der Waals surface area contributed by atoms with Gasteiger partial charge in [0.15, 0.2) is 0 Å². The minimum Gasteiger partial charge on any atom is -0.0799 e. The molecule has 0 amide bonds. The summed E-state index contributed by atoms with van der Waals surface area (Å²) in [6.07, 6.45) is 14.2. The molecule has 0 heteroatoms. The molecule has 3 rings (SSSR count). The van der Waals surface area contributed by atoms with Crippen molar-refractivity contribution >= 4 is 0 Å². The predicted octanol–water partition coefficient (Wildman–Crippen LogP) is 4.73. The maximum atomic E-state index is 2.60. The molecule has 88 valence electrons. The Morgan fingerprint density at radius 1 is 1.19 bits per heavy atom. The maximum absolute atomic E-state index is 2.60. The van der Waals surface area contributed by atoms with E-state index < -0.39 is 0 Å². The second kappa shape index (κ2) is 3.24. The molecule has 0 bridgehead atoms. The second-order valence-corrected chi connectivity index (χ2v) is 6.77. The summed E-state index contributed by atoms with van der Waals surface area (Å²) in [5.74, 6) is 1.78. The Kier molecular flexibility index (Phi) is 2.15. The van der Waals surface area contributed by atoms with Gasteiger partial charge in [0.1, 0.15) is 0 Å². The van der Waals surface area contributed by atoms with E-state index in [1.54, 1.807) is 5.57 Å². The van der Waals surface area contributed by atoms with Gasteiger partial charge in [0.25, 0.3) is 0 Å². The van der Waals surface area contributed by atoms with Crippen LogP contribution in [-0.4, -0.2) is 0 Å². The maximum Gasteiger partial charge on any atom is -0.00974 e. The summed E-state index contributed by atoms with van der Waals surface area (Å²) in [7, 11) is 0. The fourth-order valence-corrected chi connectivity index (χ4v) is 4.50. The fourth-order valence-electron chi connectivity index (χ4n) is 4.50. The third-order valence-electron chi connectivity index (χ3n) is 6.38. The lowest BCUT2D eigenvalue weighted by atomic mass is 9.64. The third kappa shape index (κ3) is 1.16. The van der Waals surface area contributed by atoms with Crippen LogP contribution in [0.1, 0.15) is 52.9 Å². The van der Waals surface area contributed by atoms with Gasteiger partial charge in [0.05, 0.1) is 0 Å². The number of hydrogen-bond donors (Lipinski definition) is 0. The van der Waals surface area contributed by atoms with Crippen molar-refractivity contribution in [1.82, 2.24) is 0 Å². The molecule has 16 heavy (non-hydrogen) atoms. The number of rotatable bonds is 1. The Morgan fingerprint density at radius 2 is 1.88 bits per heavy atom. The highest BCUT2D eigenvalue weighted by molar-refractivity contribution is 5.32. The first-order chi connectivity index (χ1) is 7.56. The first-order valence-electron chi connectivity index (χ1n) is 6.93. The minimum absolute atomic E-state index is 0.586. The molecular formula is C16H24. The van der Waals surface area contributed by atoms with E-state index in [2.05, 4.69) is 39.0 Å². The first kappa shape index (κ1) is 10.6. The largest absolute Gasteiger partial charge is 0.0799 e. The molecule has 0 saturated heterocycles. The minimum atomic E-state index is 0.586. The number of fused-ring (bicyclic) bond motifs is 1. The van der Waals surface area contributed by atoms with Gasteiger partial charge in [0.2, 0.25) is 0 Å². The molecule has 3 unspecified atom stereocenters. The molecule has 0 aromatic heterocycles. The molecule has 0 heterocycles. The van der Waals surface area contributed by atoms with E-state index in [4.69, 9.17) is 0 Å². The van der Waals surface area contributed by atoms with Crippen LogP contribution < -0.4 is 0 Å². The molecule has 2 fully saturated rings. The summed E-state index contributed by atoms with van der Waals surface area (Å²) in [6.45, 7) is 7.59. The molecule has 4 atom stereocenters. The standard InChI is InChI=1S/C16H24/c1-12-7-9-16(3)14(8-10-15(12,16)2)11-13-5-4-6-13/h4-5,11-12,14H,6-10H2,1-3H3/b13-11-/t12?,14?,15-,16?/m1/s1. The third-order valence-corrected chi connectivity index (χ3v) is 6.38. The lowest BCUT2D eigenvalue weighted by molar-refractivity contribution is 0.0932. The van der Waals surface area contributed by atoms with E-state index in [0.717, 1.165) is 11.8 Å². The van der Waals surface area contributed by atoms with Gasteiger partial charge in [-0.3, -0.25) is 0 Å². The van der Waals surface area contributed by atoms with Crippen LogP contribution in [0.2, 0.25) is 0 Å². The fraction of sp³-hybridized carbons (Fsp3) is 0.750. The highest BCUT2D eigenvalue weighted by Gasteiger charge is 2.59. The molecule has 0 spiro atoms. The van der Waals surface area contributed by atoms with Crippen LogP contribution >= 0.6 is 0 Å². The zero-order chi connectivity index (χ0) is 11.4. The highest BCUT2D eigenvalue weighted by Crippen LogP contribution is 2.67. The van der Waals surface area contributed by atoms with Crippen molar-refractivity contribution < 1.29 is 0 Å². The van der Waals surface area contributed by atoms with Crippen molar-refractivity contribution in [3.63, 3.8) is 0 Å². The number of allylic oxidation sites excluding steroid dienone is 4. The Bertz CT molecular complexity index is 362. The van der Waals surface area contributed by atoms with E-state index in [1.165, 1.54) is 32.1 Å². The number of hydrogen-bond acceptors (Lipinski definition) is 0. The van der Waals surface area contributed by atoms with Crippen LogP contribution in [0.4, 0.5) is 0 Å². The zero-order valence-electron chi connectivity index (χ0n) is 10.9. The molecule has 0 N–H and O–H groups in total. The van der Waals surface area contributed by atoms with Crippen LogP contribution in [0.15, 0.2) is 23.8 Å². The SMILES string of the molecule is CC1CCC2(C)C(/C=C3/C=CC3)CC[C@]12C. The van der Waals surface area contributed by atoms with Crippen molar-refractivity contribution in [1.29, 1.82) is 0 Å². The summed E-state index contributed by atoms with van der Waals surface area (Å²) in [5.41, 5.74) is 2.79. The molecule has 0 aliphatic heterocycles. The van der Waals surface area contributed by atoms with Crippen LogP contribution in [0, 0.1) is 22.7 Å². The van der Waals surface area contributed by atoms with Gasteiger partial charge >= 0.3 is 0 Å². The summed E-state index contributed by atoms with van der Waals surface area (Å²) in [4.78, 5) is 0. The summed E-state index contributed by atoms with van der Waals surface area (Å²) < 4.78 is 0. The summed E-state index contributed by atoms with van der Waals surface area (Å²) in [5, 5.41) is 0. The molecule has 0 aromatic rings. The van der Waals surface area contributed by atoms with E-state index >= 15 is 0 Å². The smallest absolute Gasteiger partial charge is 0.00974 e. The molecule has 2 saturated carbocycles. The van der Waals surface area contributed by atoms with Crippen molar-refractivity contribution in [2.24, 2.45) is 22.7 Å². The van der Waals surface area contributed by atoms with Crippen molar-refractivity contribution in [2.75, 3.05) is 0 Å². The van der Waals surface area contributed by atoms with Crippen LogP contribution in [-0.2, 0) is 0 Å². The van der Waals surface area contributed by atoms with E-state index in [9.17, 15) is 0 Å². The lowest BCUT2D eigenvalue weighted by Crippen LogP contribution is -2.34. The summed E-state index contributed by atoms with van der Waals surface area (Å²) >= 11 is 0. The van der Waals surface area contributed by atoms with E-state index in [0.29, 0.717) is 10.8 Å². The van der Waals surface area contributed by atoms with Crippen molar-refractivity contribution in [2.45, 2.75) is 52.9 Å². The second-order valence-electron chi connectivity index (χ2n) is 6.77. The van der Waals surface area contributed by atoms with Crippen molar-refractivity contribution in [3.05, 3.63) is 23.8 Å². The average molecular weight is 216 g/mol. The highest BCUT2D eigenvalue weighted by atomic mass is 14.6. The quantitative estimate of drug-likeness (QED) is 0.594. The first-order valence-corrected chi connectivity index (χ1v) is 6.93. The van der Waals surface area contributed by atoms with Crippen molar-refractivity contribution in [3.8, 4) is 0 Å². The zero-order valence-corrected chi connectivity index (χ0v) is 10.9. The Labute approximate surface area is 99.8 Å². The van der Waals surface area contributed by atoms with E-state index in [-0.39, 0.29) is 0 Å². The summed E-state index contributed by atoms with van der Waals surface area (Å²) in [6, 6.07) is 0. The Morgan fingerprint density at radius 3 is 2.50 bits per heavy atom. The van der Waals surface area contributed by atoms with Gasteiger partial charge in [-0.15, -0.1) is 0 Å². The normalized spacial score (nSPS) is 53.1. The monoisotopic (exact) mass is 216 g/mol. The molecular weight excluding hydrogens is 192 g/mol. The van der Waals surface area contributed by atoms with Crippen LogP contribution in [0.25, 0.3) is 0 Å². The van der Waals surface area contributed by atoms with Gasteiger partial charge in [-0.25, -0.2) is 0 Å². The molecule has 3 aliphatic rings. The van der Waals surface area contributed by atoms with Gasteiger partial charge in [-0.2, -0.15) is 0 Å². The van der Waals surface area contributed by atoms with Gasteiger partial charge < -0.3 is 0 Å². The molecule has 0 nitrogen and oxygen atoms in total. The average Bonchev–Trinajstić information content (AvgIpc) is 2.56. The molecule has 3 aliphatic carbocycles. The van der Waals surface area contributed by atoms with Crippen LogP contribution in [0.5, 0.6) is 0 Å². The Balaban J connectivity index is 1.91.